The molecule has 0 unspecified atom stereocenters. The molecule has 0 aliphatic carbocycles. The second-order valence-electron chi connectivity index (χ2n) is 7.88. The fraction of sp³-hybridized carbons (Fsp3) is 0.115. The van der Waals surface area contributed by atoms with Crippen LogP contribution in [0.15, 0.2) is 72.4 Å². The Labute approximate surface area is 195 Å². The first-order valence-electron chi connectivity index (χ1n) is 10.5. The van der Waals surface area contributed by atoms with Gasteiger partial charge < -0.3 is 20.3 Å². The summed E-state index contributed by atoms with van der Waals surface area (Å²) in [5.74, 6) is -1.36. The van der Waals surface area contributed by atoms with Crippen molar-refractivity contribution in [3.63, 3.8) is 0 Å². The Morgan fingerprint density at radius 3 is 2.32 bits per heavy atom. The second-order valence-corrected chi connectivity index (χ2v) is 7.88. The number of urea groups is 1. The Morgan fingerprint density at radius 2 is 1.68 bits per heavy atom. The number of ether oxygens (including phenoxy) is 1. The van der Waals surface area contributed by atoms with Crippen LogP contribution in [0.4, 0.5) is 4.79 Å². The van der Waals surface area contributed by atoms with E-state index in [0.29, 0.717) is 5.56 Å². The van der Waals surface area contributed by atoms with Crippen LogP contribution in [0.1, 0.15) is 32.6 Å². The molecule has 8 heteroatoms. The molecular weight excluding hydrogens is 436 g/mol. The highest BCUT2D eigenvalue weighted by molar-refractivity contribution is 6.13. The van der Waals surface area contributed by atoms with Crippen molar-refractivity contribution in [1.29, 1.82) is 0 Å². The van der Waals surface area contributed by atoms with Gasteiger partial charge in [-0.3, -0.25) is 9.69 Å². The van der Waals surface area contributed by atoms with Crippen molar-refractivity contribution in [3.05, 3.63) is 100 Å². The van der Waals surface area contributed by atoms with Gasteiger partial charge in [0.1, 0.15) is 12.3 Å². The maximum atomic E-state index is 12.7. The molecule has 0 atom stereocenters. The molecule has 1 fully saturated rings. The number of carboxylic acids is 1. The van der Waals surface area contributed by atoms with Crippen molar-refractivity contribution in [2.45, 2.75) is 20.1 Å². The predicted molar refractivity (Wildman–Crippen MR) is 124 cm³/mol. The topological polar surface area (TPSA) is 116 Å². The van der Waals surface area contributed by atoms with Gasteiger partial charge in [0.25, 0.3) is 5.91 Å². The summed E-state index contributed by atoms with van der Waals surface area (Å²) < 4.78 is 5.62. The van der Waals surface area contributed by atoms with E-state index in [1.807, 2.05) is 31.2 Å². The molecule has 0 saturated carbocycles. The van der Waals surface area contributed by atoms with E-state index in [0.717, 1.165) is 21.6 Å². The number of aromatic carboxylic acids is 1. The summed E-state index contributed by atoms with van der Waals surface area (Å²) in [6.07, 6.45) is 1.49. The molecule has 3 N–H and O–H groups in total. The van der Waals surface area contributed by atoms with Crippen molar-refractivity contribution in [2.24, 2.45) is 0 Å². The average molecular weight is 458 g/mol. The highest BCUT2D eigenvalue weighted by atomic mass is 16.5. The molecule has 0 radical (unpaired) electrons. The van der Waals surface area contributed by atoms with Crippen molar-refractivity contribution >= 4 is 24.0 Å². The quantitative estimate of drug-likeness (QED) is 0.363. The van der Waals surface area contributed by atoms with Gasteiger partial charge in [-0.1, -0.05) is 48.0 Å². The average Bonchev–Trinajstić information content (AvgIpc) is 3.07. The number of amides is 3. The molecule has 1 aliphatic heterocycles. The highest BCUT2D eigenvalue weighted by Crippen LogP contribution is 2.29. The number of carbonyl (C=O) groups is 3. The summed E-state index contributed by atoms with van der Waals surface area (Å²) in [5.41, 5.74) is 3.47. The summed E-state index contributed by atoms with van der Waals surface area (Å²) >= 11 is 0. The number of phenols is 1. The van der Waals surface area contributed by atoms with Gasteiger partial charge >= 0.3 is 12.0 Å². The van der Waals surface area contributed by atoms with E-state index in [9.17, 15) is 19.5 Å². The molecule has 0 spiro atoms. The number of aryl methyl sites for hydroxylation is 1. The SMILES string of the molecule is Cc1ccc(CN2C(=O)N/C(=C\c3ccc(OCc4ccc(C(=O)O)cc4)c(O)c3)C2=O)cc1. The Hall–Kier alpha value is -4.59. The zero-order valence-corrected chi connectivity index (χ0v) is 18.3. The van der Waals surface area contributed by atoms with Crippen LogP contribution in [0.3, 0.4) is 0 Å². The van der Waals surface area contributed by atoms with E-state index < -0.39 is 17.9 Å². The molecule has 8 nitrogen and oxygen atoms in total. The first-order valence-corrected chi connectivity index (χ1v) is 10.5. The Bertz CT molecular complexity index is 1280. The van der Waals surface area contributed by atoms with Crippen LogP contribution >= 0.6 is 0 Å². The zero-order valence-electron chi connectivity index (χ0n) is 18.3. The zero-order chi connectivity index (χ0) is 24.2. The molecule has 1 saturated heterocycles. The number of hydrogen-bond donors (Lipinski definition) is 3. The highest BCUT2D eigenvalue weighted by Gasteiger charge is 2.33. The lowest BCUT2D eigenvalue weighted by atomic mass is 10.1. The molecule has 0 aromatic heterocycles. The number of nitrogens with one attached hydrogen (secondary N) is 1. The van der Waals surface area contributed by atoms with Gasteiger partial charge in [0.15, 0.2) is 11.5 Å². The number of carboxylic acid groups (broad SMARTS) is 1. The number of carbonyl (C=O) groups excluding carboxylic acids is 2. The van der Waals surface area contributed by atoms with Gasteiger partial charge in [-0.05, 0) is 54.0 Å². The number of nitrogens with zero attached hydrogens (tertiary/aromatic N) is 1. The van der Waals surface area contributed by atoms with Gasteiger partial charge in [0, 0.05) is 0 Å². The van der Waals surface area contributed by atoms with Crippen LogP contribution in [-0.4, -0.2) is 33.0 Å². The van der Waals surface area contributed by atoms with Crippen LogP contribution in [0.5, 0.6) is 11.5 Å². The van der Waals surface area contributed by atoms with Crippen molar-refractivity contribution in [2.75, 3.05) is 0 Å². The van der Waals surface area contributed by atoms with E-state index in [4.69, 9.17) is 9.84 Å². The Balaban J connectivity index is 1.42. The van der Waals surface area contributed by atoms with Crippen LogP contribution in [0, 0.1) is 6.92 Å². The summed E-state index contributed by atoms with van der Waals surface area (Å²) in [4.78, 5) is 37.1. The molecule has 1 aliphatic rings. The third kappa shape index (κ3) is 5.07. The molecular formula is C26H22N2O6. The van der Waals surface area contributed by atoms with E-state index in [1.165, 1.54) is 24.3 Å². The molecule has 3 aromatic rings. The maximum Gasteiger partial charge on any atom is 0.335 e. The third-order valence-corrected chi connectivity index (χ3v) is 5.31. The number of phenolic OH excluding ortho intramolecular Hbond substituents is 1. The van der Waals surface area contributed by atoms with Gasteiger partial charge in [-0.2, -0.15) is 0 Å². The number of aromatic hydroxyl groups is 1. The lowest BCUT2D eigenvalue weighted by Crippen LogP contribution is -2.30. The number of benzene rings is 3. The van der Waals surface area contributed by atoms with Crippen LogP contribution in [0.25, 0.3) is 6.08 Å². The molecule has 4 rings (SSSR count). The maximum absolute atomic E-state index is 12.7. The smallest absolute Gasteiger partial charge is 0.335 e. The second kappa shape index (κ2) is 9.50. The van der Waals surface area contributed by atoms with Crippen LogP contribution < -0.4 is 10.1 Å². The minimum Gasteiger partial charge on any atom is -0.504 e. The largest absolute Gasteiger partial charge is 0.504 e. The minimum absolute atomic E-state index is 0.115. The standard InChI is InChI=1S/C26H22N2O6/c1-16-2-4-17(5-3-16)14-28-24(30)21(27-26(28)33)12-19-8-11-23(22(29)13-19)34-15-18-6-9-20(10-7-18)25(31)32/h2-13,29H,14-15H2,1H3,(H,27,33)(H,31,32)/b21-12-. The molecule has 1 heterocycles. The van der Waals surface area contributed by atoms with Crippen LogP contribution in [-0.2, 0) is 17.9 Å². The number of rotatable bonds is 7. The molecule has 3 aromatic carbocycles. The first-order chi connectivity index (χ1) is 16.3. The number of imide groups is 1. The Morgan fingerprint density at radius 1 is 1.00 bits per heavy atom. The lowest BCUT2D eigenvalue weighted by Gasteiger charge is -2.12. The van der Waals surface area contributed by atoms with Crippen molar-refractivity contribution in [3.8, 4) is 11.5 Å². The van der Waals surface area contributed by atoms with E-state index in [-0.39, 0.29) is 35.9 Å². The van der Waals surface area contributed by atoms with Gasteiger partial charge in [0.2, 0.25) is 0 Å². The summed E-state index contributed by atoms with van der Waals surface area (Å²) in [5, 5.41) is 21.9. The normalized spacial score (nSPS) is 14.4. The van der Waals surface area contributed by atoms with E-state index in [2.05, 4.69) is 5.32 Å². The Kier molecular flexibility index (Phi) is 6.31. The summed E-state index contributed by atoms with van der Waals surface area (Å²) in [6.45, 7) is 2.26. The third-order valence-electron chi connectivity index (χ3n) is 5.31. The first kappa shape index (κ1) is 22.6. The van der Waals surface area contributed by atoms with Gasteiger partial charge in [-0.15, -0.1) is 0 Å². The fourth-order valence-electron chi connectivity index (χ4n) is 3.41. The monoisotopic (exact) mass is 458 g/mol. The van der Waals surface area contributed by atoms with E-state index in [1.54, 1.807) is 24.3 Å². The van der Waals surface area contributed by atoms with Crippen molar-refractivity contribution < 1.29 is 29.3 Å². The summed E-state index contributed by atoms with van der Waals surface area (Å²) in [6, 6.07) is 17.9. The molecule has 34 heavy (non-hydrogen) atoms. The molecule has 3 amide bonds. The van der Waals surface area contributed by atoms with Gasteiger partial charge in [-0.25, -0.2) is 9.59 Å². The minimum atomic E-state index is -1.01. The van der Waals surface area contributed by atoms with Crippen LogP contribution in [0.2, 0.25) is 0 Å². The summed E-state index contributed by atoms with van der Waals surface area (Å²) in [7, 11) is 0. The predicted octanol–water partition coefficient (Wildman–Crippen LogP) is 4.07. The molecule has 172 valence electrons. The van der Waals surface area contributed by atoms with Gasteiger partial charge in [0.05, 0.1) is 12.1 Å². The van der Waals surface area contributed by atoms with E-state index >= 15 is 0 Å². The lowest BCUT2D eigenvalue weighted by molar-refractivity contribution is -0.123. The number of hydrogen-bond acceptors (Lipinski definition) is 5. The fourth-order valence-corrected chi connectivity index (χ4v) is 3.41. The molecule has 0 bridgehead atoms. The van der Waals surface area contributed by atoms with Crippen molar-refractivity contribution in [1.82, 2.24) is 10.2 Å².